The lowest BCUT2D eigenvalue weighted by Crippen LogP contribution is -2.62. The summed E-state index contributed by atoms with van der Waals surface area (Å²) in [6, 6.07) is 0. The molecule has 0 aliphatic heterocycles. The van der Waals surface area contributed by atoms with Crippen LogP contribution in [0.15, 0.2) is 36.0 Å². The van der Waals surface area contributed by atoms with Crippen LogP contribution in [-0.2, 0) is 23.9 Å². The molecule has 4 aliphatic carbocycles. The van der Waals surface area contributed by atoms with E-state index in [9.17, 15) is 19.2 Å². The Morgan fingerprint density at radius 2 is 1.94 bits per heavy atom. The van der Waals surface area contributed by atoms with Crippen LogP contribution >= 0.6 is 0 Å². The Bertz CT molecular complexity index is 963. The molecule has 0 aromatic carbocycles. The summed E-state index contributed by atoms with van der Waals surface area (Å²) < 4.78 is 22.7. The first kappa shape index (κ1) is 21.8. The van der Waals surface area contributed by atoms with Crippen LogP contribution in [0.3, 0.4) is 0 Å². The van der Waals surface area contributed by atoms with Crippen LogP contribution < -0.4 is 0 Å². The van der Waals surface area contributed by atoms with Gasteiger partial charge in [0.15, 0.2) is 17.7 Å². The van der Waals surface area contributed by atoms with Crippen molar-refractivity contribution >= 4 is 23.8 Å². The number of Topliss-reactive ketones (excluding diaryl/α,β-unsaturated/α-hetero) is 1. The summed E-state index contributed by atoms with van der Waals surface area (Å²) in [6.45, 7) is 7.07. The van der Waals surface area contributed by atoms with E-state index in [1.165, 1.54) is 12.2 Å². The summed E-state index contributed by atoms with van der Waals surface area (Å²) >= 11 is 0. The monoisotopic (exact) mass is 428 g/mol. The first-order valence-corrected chi connectivity index (χ1v) is 11.0. The molecule has 0 amide bonds. The Morgan fingerprint density at radius 1 is 1.23 bits per heavy atom. The quantitative estimate of drug-likeness (QED) is 0.294. The Hall–Kier alpha value is -2.37. The highest BCUT2D eigenvalue weighted by Crippen LogP contribution is 2.69. The van der Waals surface area contributed by atoms with E-state index in [4.69, 9.17) is 4.74 Å². The maximum Gasteiger partial charge on any atom is 0.306 e. The molecule has 0 aromatic heterocycles. The molecule has 0 heterocycles. The molecule has 5 nitrogen and oxygen atoms in total. The number of ketones is 2. The van der Waals surface area contributed by atoms with Crippen LogP contribution in [0.1, 0.15) is 53.4 Å². The summed E-state index contributed by atoms with van der Waals surface area (Å²) in [5.41, 5.74) is -4.55. The van der Waals surface area contributed by atoms with E-state index < -0.39 is 45.7 Å². The standard InChI is InChI=1S/C25H29FO5/c1-5-21(30)31-25(20(29)14-27)15(2)12-19-18-7-6-16-13-17(28)8-9-22(16,3)24(18,26)11-10-23(19,25)4/h8-11,13-15,18-19H,5-7,12H2,1-4H3/t15-,18+,19+,22+,23+,24-,25+/m1/s1. The molecule has 31 heavy (non-hydrogen) atoms. The van der Waals surface area contributed by atoms with Gasteiger partial charge in [0.1, 0.15) is 5.67 Å². The number of carbonyl (C=O) groups excluding carboxylic acids is 4. The van der Waals surface area contributed by atoms with Crippen molar-refractivity contribution in [2.45, 2.75) is 64.6 Å². The van der Waals surface area contributed by atoms with E-state index in [1.54, 1.807) is 32.1 Å². The van der Waals surface area contributed by atoms with E-state index >= 15 is 4.39 Å². The van der Waals surface area contributed by atoms with Crippen LogP contribution in [0.25, 0.3) is 0 Å². The van der Waals surface area contributed by atoms with Crippen LogP contribution in [0.5, 0.6) is 0 Å². The first-order chi connectivity index (χ1) is 14.5. The Labute approximate surface area is 181 Å². The predicted octanol–water partition coefficient (Wildman–Crippen LogP) is 3.87. The molecule has 0 radical (unpaired) electrons. The average molecular weight is 429 g/mol. The van der Waals surface area contributed by atoms with Gasteiger partial charge < -0.3 is 4.74 Å². The third-order valence-electron chi connectivity index (χ3n) is 8.69. The molecule has 6 heteroatoms. The molecule has 166 valence electrons. The minimum absolute atomic E-state index is 0.0760. The molecule has 0 aromatic rings. The first-order valence-electron chi connectivity index (χ1n) is 11.0. The van der Waals surface area contributed by atoms with Crippen molar-refractivity contribution in [1.29, 1.82) is 0 Å². The van der Waals surface area contributed by atoms with E-state index in [0.29, 0.717) is 19.3 Å². The highest BCUT2D eigenvalue weighted by Gasteiger charge is 2.73. The SMILES string of the molecule is CCC(=O)O[C@]1(C(=O)C=O)[C@H](C)C[C@H]2[C@@H]3CCC4=CC(=O)C=C[C@]4(C)[C@@]3(F)C=C[C@@]21C. The van der Waals surface area contributed by atoms with Gasteiger partial charge >= 0.3 is 5.97 Å². The van der Waals surface area contributed by atoms with Crippen molar-refractivity contribution in [3.8, 4) is 0 Å². The molecule has 0 N–H and O–H groups in total. The molecular formula is C25H29FO5. The number of rotatable bonds is 4. The van der Waals surface area contributed by atoms with Crippen LogP contribution in [-0.4, -0.2) is 35.1 Å². The van der Waals surface area contributed by atoms with Crippen molar-refractivity contribution in [2.24, 2.45) is 28.6 Å². The second kappa shape index (κ2) is 6.81. The van der Waals surface area contributed by atoms with E-state index in [1.807, 2.05) is 13.8 Å². The lowest BCUT2D eigenvalue weighted by molar-refractivity contribution is -0.185. The second-order valence-electron chi connectivity index (χ2n) is 9.93. The lowest BCUT2D eigenvalue weighted by Gasteiger charge is -2.58. The normalized spacial score (nSPS) is 45.3. The van der Waals surface area contributed by atoms with Gasteiger partial charge in [-0.25, -0.2) is 4.39 Å². The largest absolute Gasteiger partial charge is 0.449 e. The predicted molar refractivity (Wildman–Crippen MR) is 112 cm³/mol. The van der Waals surface area contributed by atoms with Crippen LogP contribution in [0, 0.1) is 28.6 Å². The van der Waals surface area contributed by atoms with Crippen molar-refractivity contribution in [3.63, 3.8) is 0 Å². The molecule has 2 saturated carbocycles. The van der Waals surface area contributed by atoms with Crippen molar-refractivity contribution in [2.75, 3.05) is 0 Å². The number of esters is 1. The van der Waals surface area contributed by atoms with Crippen molar-refractivity contribution in [3.05, 3.63) is 36.0 Å². The van der Waals surface area contributed by atoms with Gasteiger partial charge in [-0.3, -0.25) is 19.2 Å². The minimum atomic E-state index is -1.74. The van der Waals surface area contributed by atoms with Gasteiger partial charge in [0.25, 0.3) is 0 Å². The molecule has 4 rings (SSSR count). The van der Waals surface area contributed by atoms with Gasteiger partial charge in [-0.1, -0.05) is 38.5 Å². The van der Waals surface area contributed by atoms with Crippen LogP contribution in [0.2, 0.25) is 0 Å². The van der Waals surface area contributed by atoms with Gasteiger partial charge in [-0.2, -0.15) is 0 Å². The molecule has 7 atom stereocenters. The molecular weight excluding hydrogens is 399 g/mol. The van der Waals surface area contributed by atoms with Gasteiger partial charge in [0.2, 0.25) is 5.78 Å². The number of alkyl halides is 1. The van der Waals surface area contributed by atoms with Crippen LogP contribution in [0.4, 0.5) is 4.39 Å². The van der Waals surface area contributed by atoms with Gasteiger partial charge in [0.05, 0.1) is 0 Å². The fraction of sp³-hybridized carbons (Fsp3) is 0.600. The van der Waals surface area contributed by atoms with Gasteiger partial charge in [-0.05, 0) is 50.3 Å². The Kier molecular flexibility index (Phi) is 4.80. The number of carbonyl (C=O) groups is 4. The van der Waals surface area contributed by atoms with Crippen molar-refractivity contribution < 1.29 is 28.3 Å². The number of hydrogen-bond acceptors (Lipinski definition) is 5. The summed E-state index contributed by atoms with van der Waals surface area (Å²) in [4.78, 5) is 48.9. The molecule has 0 bridgehead atoms. The molecule has 0 unspecified atom stereocenters. The molecule has 2 fully saturated rings. The molecule has 0 saturated heterocycles. The summed E-state index contributed by atoms with van der Waals surface area (Å²) in [6.07, 6.45) is 9.68. The lowest BCUT2D eigenvalue weighted by atomic mass is 9.48. The van der Waals surface area contributed by atoms with Gasteiger partial charge in [-0.15, -0.1) is 0 Å². The third kappa shape index (κ3) is 2.53. The maximum atomic E-state index is 16.9. The topological polar surface area (TPSA) is 77.5 Å². The second-order valence-corrected chi connectivity index (χ2v) is 9.93. The number of aldehydes is 1. The highest BCUT2D eigenvalue weighted by atomic mass is 19.1. The zero-order valence-electron chi connectivity index (χ0n) is 18.4. The maximum absolute atomic E-state index is 16.9. The average Bonchev–Trinajstić information content (AvgIpc) is 2.96. The Balaban J connectivity index is 1.88. The smallest absolute Gasteiger partial charge is 0.306 e. The van der Waals surface area contributed by atoms with Gasteiger partial charge in [0, 0.05) is 29.1 Å². The zero-order valence-corrected chi connectivity index (χ0v) is 18.4. The number of allylic oxidation sites excluding steroid dienone is 5. The summed E-state index contributed by atoms with van der Waals surface area (Å²) in [5.74, 6) is -2.62. The minimum Gasteiger partial charge on any atom is -0.449 e. The Morgan fingerprint density at radius 3 is 2.58 bits per heavy atom. The number of fused-ring (bicyclic) bond motifs is 5. The highest BCUT2D eigenvalue weighted by molar-refractivity contribution is 6.30. The third-order valence-corrected chi connectivity index (χ3v) is 8.69. The van der Waals surface area contributed by atoms with E-state index in [-0.39, 0.29) is 24.4 Å². The number of halogens is 1. The van der Waals surface area contributed by atoms with Crippen molar-refractivity contribution in [1.82, 2.24) is 0 Å². The zero-order chi connectivity index (χ0) is 22.8. The summed E-state index contributed by atoms with van der Waals surface area (Å²) in [5, 5.41) is 0. The van der Waals surface area contributed by atoms with E-state index in [2.05, 4.69) is 0 Å². The fourth-order valence-corrected chi connectivity index (χ4v) is 6.96. The number of hydrogen-bond donors (Lipinski definition) is 0. The fourth-order valence-electron chi connectivity index (χ4n) is 6.96. The van der Waals surface area contributed by atoms with E-state index in [0.717, 1.165) is 5.57 Å². The molecule has 4 aliphatic rings. The number of ether oxygens (including phenoxy) is 1. The molecule has 0 spiro atoms. The summed E-state index contributed by atoms with van der Waals surface area (Å²) in [7, 11) is 0.